The minimum Gasteiger partial charge on any atom is -0.305 e. The molecule has 0 aromatic heterocycles. The monoisotopic (exact) mass is 306 g/mol. The quantitative estimate of drug-likeness (QED) is 0.863. The van der Waals surface area contributed by atoms with Gasteiger partial charge in [0.15, 0.2) is 0 Å². The highest BCUT2D eigenvalue weighted by molar-refractivity contribution is 6.18. The number of hydrogen-bond donors (Lipinski definition) is 1. The van der Waals surface area contributed by atoms with E-state index in [1.165, 1.54) is 12.1 Å². The number of carbonyl (C=O) groups is 1. The molecule has 0 saturated heterocycles. The summed E-state index contributed by atoms with van der Waals surface area (Å²) in [5.74, 6) is -0.282. The summed E-state index contributed by atoms with van der Waals surface area (Å²) in [6.45, 7) is 1.91. The van der Waals surface area contributed by atoms with E-state index in [4.69, 9.17) is 0 Å². The molecule has 23 heavy (non-hydrogen) atoms. The smallest absolute Gasteiger partial charge is 0.275 e. The van der Waals surface area contributed by atoms with E-state index in [0.717, 1.165) is 11.1 Å². The number of benzene rings is 2. The third kappa shape index (κ3) is 3.61. The Balaban J connectivity index is 1.88. The molecule has 1 amide bonds. The molecule has 0 radical (unpaired) electrons. The van der Waals surface area contributed by atoms with Crippen LogP contribution in [0.2, 0.25) is 0 Å². The Kier molecular flexibility index (Phi) is 4.15. The van der Waals surface area contributed by atoms with Crippen molar-refractivity contribution in [3.05, 3.63) is 88.9 Å². The summed E-state index contributed by atoms with van der Waals surface area (Å²) in [6.07, 6.45) is 3.69. The molecule has 2 aromatic rings. The standard InChI is InChI=1S/C19H15FN2O/c1-13(10-14-6-3-2-4-7-14)11-17-19(23)22-18(21-17)15-8-5-9-16(20)12-15/h2-12H,1H3,(H,21,22,23)/b13-10+,17-11-. The predicted octanol–water partition coefficient (Wildman–Crippen LogP) is 3.69. The van der Waals surface area contributed by atoms with Crippen molar-refractivity contribution < 1.29 is 9.18 Å². The minimum atomic E-state index is -0.364. The number of nitrogens with one attached hydrogen (secondary N) is 1. The van der Waals surface area contributed by atoms with Gasteiger partial charge in [0.25, 0.3) is 5.91 Å². The number of hydrogen-bond acceptors (Lipinski definition) is 2. The average molecular weight is 306 g/mol. The molecular formula is C19H15FN2O. The number of amidine groups is 1. The van der Waals surface area contributed by atoms with Crippen molar-refractivity contribution in [3.8, 4) is 0 Å². The summed E-state index contributed by atoms with van der Waals surface area (Å²) in [6, 6.07) is 15.8. The number of amides is 1. The van der Waals surface area contributed by atoms with Gasteiger partial charge in [-0.25, -0.2) is 9.38 Å². The third-order valence-electron chi connectivity index (χ3n) is 3.35. The number of allylic oxidation sites excluding steroid dienone is 2. The maximum absolute atomic E-state index is 13.3. The maximum atomic E-state index is 13.3. The topological polar surface area (TPSA) is 41.5 Å². The van der Waals surface area contributed by atoms with Crippen molar-refractivity contribution in [2.75, 3.05) is 0 Å². The lowest BCUT2D eigenvalue weighted by atomic mass is 10.1. The molecule has 1 heterocycles. The van der Waals surface area contributed by atoms with E-state index >= 15 is 0 Å². The van der Waals surface area contributed by atoms with Crippen LogP contribution in [0, 0.1) is 5.82 Å². The normalized spacial score (nSPS) is 16.4. The average Bonchev–Trinajstić information content (AvgIpc) is 2.89. The van der Waals surface area contributed by atoms with Crippen LogP contribution in [0.25, 0.3) is 6.08 Å². The Labute approximate surface area is 133 Å². The SMILES string of the molecule is CC(/C=C1\N=C(c2cccc(F)c2)NC1=O)=C\c1ccccc1. The van der Waals surface area contributed by atoms with Crippen molar-refractivity contribution in [2.45, 2.75) is 6.92 Å². The Morgan fingerprint density at radius 1 is 1.13 bits per heavy atom. The molecule has 0 saturated carbocycles. The van der Waals surface area contributed by atoms with E-state index in [1.54, 1.807) is 18.2 Å². The fraction of sp³-hybridized carbons (Fsp3) is 0.0526. The van der Waals surface area contributed by atoms with E-state index in [0.29, 0.717) is 17.1 Å². The number of carbonyl (C=O) groups excluding carboxylic acids is 1. The number of aliphatic imine (C=N–C) groups is 1. The summed E-state index contributed by atoms with van der Waals surface area (Å²) in [5.41, 5.74) is 2.82. The first-order valence-electron chi connectivity index (χ1n) is 7.23. The second kappa shape index (κ2) is 6.40. The fourth-order valence-corrected chi connectivity index (χ4v) is 2.31. The molecule has 3 rings (SSSR count). The minimum absolute atomic E-state index is 0.287. The highest BCUT2D eigenvalue weighted by Gasteiger charge is 2.21. The van der Waals surface area contributed by atoms with Gasteiger partial charge < -0.3 is 5.32 Å². The van der Waals surface area contributed by atoms with Gasteiger partial charge in [-0.1, -0.05) is 48.5 Å². The fourth-order valence-electron chi connectivity index (χ4n) is 2.31. The summed E-state index contributed by atoms with van der Waals surface area (Å²) < 4.78 is 13.3. The lowest BCUT2D eigenvalue weighted by molar-refractivity contribution is -0.115. The van der Waals surface area contributed by atoms with Crippen LogP contribution in [0.3, 0.4) is 0 Å². The van der Waals surface area contributed by atoms with Crippen molar-refractivity contribution >= 4 is 17.8 Å². The second-order valence-electron chi connectivity index (χ2n) is 5.25. The highest BCUT2D eigenvalue weighted by Crippen LogP contribution is 2.15. The highest BCUT2D eigenvalue weighted by atomic mass is 19.1. The van der Waals surface area contributed by atoms with Gasteiger partial charge in [0.1, 0.15) is 17.3 Å². The van der Waals surface area contributed by atoms with Gasteiger partial charge in [0.05, 0.1) is 0 Å². The van der Waals surface area contributed by atoms with E-state index in [2.05, 4.69) is 10.3 Å². The van der Waals surface area contributed by atoms with Crippen LogP contribution in [-0.2, 0) is 4.79 Å². The van der Waals surface area contributed by atoms with E-state index < -0.39 is 0 Å². The van der Waals surface area contributed by atoms with Crippen molar-refractivity contribution in [3.63, 3.8) is 0 Å². The molecule has 1 aliphatic heterocycles. The molecule has 114 valence electrons. The molecule has 0 bridgehead atoms. The lowest BCUT2D eigenvalue weighted by Crippen LogP contribution is -2.24. The van der Waals surface area contributed by atoms with Crippen LogP contribution in [0.15, 0.2) is 76.9 Å². The predicted molar refractivity (Wildman–Crippen MR) is 89.3 cm³/mol. The number of nitrogens with zero attached hydrogens (tertiary/aromatic N) is 1. The van der Waals surface area contributed by atoms with Crippen LogP contribution in [-0.4, -0.2) is 11.7 Å². The molecule has 2 aromatic carbocycles. The first kappa shape index (κ1) is 14.9. The van der Waals surface area contributed by atoms with Crippen molar-refractivity contribution in [2.24, 2.45) is 4.99 Å². The van der Waals surface area contributed by atoms with Gasteiger partial charge >= 0.3 is 0 Å². The first-order valence-corrected chi connectivity index (χ1v) is 7.23. The molecule has 1 N–H and O–H groups in total. The Hall–Kier alpha value is -3.01. The zero-order valence-corrected chi connectivity index (χ0v) is 12.6. The van der Waals surface area contributed by atoms with Crippen molar-refractivity contribution in [1.29, 1.82) is 0 Å². The molecular weight excluding hydrogens is 291 g/mol. The second-order valence-corrected chi connectivity index (χ2v) is 5.25. The largest absolute Gasteiger partial charge is 0.305 e. The molecule has 0 unspecified atom stereocenters. The Bertz CT molecular complexity index is 835. The van der Waals surface area contributed by atoms with Gasteiger partial charge in [-0.15, -0.1) is 0 Å². The van der Waals surface area contributed by atoms with Gasteiger partial charge in [-0.05, 0) is 36.3 Å². The Morgan fingerprint density at radius 3 is 2.65 bits per heavy atom. The van der Waals surface area contributed by atoms with Gasteiger partial charge in [-0.2, -0.15) is 0 Å². The summed E-state index contributed by atoms with van der Waals surface area (Å²) >= 11 is 0. The molecule has 0 spiro atoms. The van der Waals surface area contributed by atoms with Crippen LogP contribution in [0.5, 0.6) is 0 Å². The van der Waals surface area contributed by atoms with Gasteiger partial charge in [-0.3, -0.25) is 4.79 Å². The number of halogens is 1. The lowest BCUT2D eigenvalue weighted by Gasteiger charge is -1.99. The molecule has 0 aliphatic carbocycles. The third-order valence-corrected chi connectivity index (χ3v) is 3.35. The molecule has 1 aliphatic rings. The van der Waals surface area contributed by atoms with E-state index in [-0.39, 0.29) is 11.7 Å². The van der Waals surface area contributed by atoms with Crippen LogP contribution in [0.4, 0.5) is 4.39 Å². The Morgan fingerprint density at radius 2 is 1.91 bits per heavy atom. The molecule has 3 nitrogen and oxygen atoms in total. The van der Waals surface area contributed by atoms with Crippen LogP contribution < -0.4 is 5.32 Å². The maximum Gasteiger partial charge on any atom is 0.275 e. The zero-order chi connectivity index (χ0) is 16.2. The summed E-state index contributed by atoms with van der Waals surface area (Å²) in [5, 5.41) is 2.67. The van der Waals surface area contributed by atoms with Gasteiger partial charge in [0.2, 0.25) is 0 Å². The summed E-state index contributed by atoms with van der Waals surface area (Å²) in [4.78, 5) is 16.3. The van der Waals surface area contributed by atoms with Crippen LogP contribution >= 0.6 is 0 Å². The van der Waals surface area contributed by atoms with E-state index in [1.807, 2.05) is 43.3 Å². The molecule has 0 atom stereocenters. The van der Waals surface area contributed by atoms with Crippen LogP contribution in [0.1, 0.15) is 18.1 Å². The van der Waals surface area contributed by atoms with Gasteiger partial charge in [0, 0.05) is 5.56 Å². The van der Waals surface area contributed by atoms with Crippen molar-refractivity contribution in [1.82, 2.24) is 5.32 Å². The molecule has 0 fully saturated rings. The van der Waals surface area contributed by atoms with E-state index in [9.17, 15) is 9.18 Å². The zero-order valence-electron chi connectivity index (χ0n) is 12.6. The first-order chi connectivity index (χ1) is 11.1. The molecule has 4 heteroatoms. The number of rotatable bonds is 3. The summed E-state index contributed by atoms with van der Waals surface area (Å²) in [7, 11) is 0.